The zero-order chi connectivity index (χ0) is 15.6. The number of nitrogens with zero attached hydrogens (tertiary/aromatic N) is 1. The number of amides is 2. The molecular weight excluding hydrogens is 268 g/mol. The Balaban J connectivity index is 2.29. The van der Waals surface area contributed by atoms with Crippen molar-refractivity contribution in [3.8, 4) is 5.75 Å². The van der Waals surface area contributed by atoms with Crippen LogP contribution in [0.2, 0.25) is 0 Å². The first-order valence-electron chi connectivity index (χ1n) is 7.26. The summed E-state index contributed by atoms with van der Waals surface area (Å²) in [5.41, 5.74) is 1.40. The molecule has 114 valence electrons. The third kappa shape index (κ3) is 3.54. The predicted molar refractivity (Wildman–Crippen MR) is 82.6 cm³/mol. The van der Waals surface area contributed by atoms with Crippen LogP contribution in [0.1, 0.15) is 27.7 Å². The van der Waals surface area contributed by atoms with E-state index < -0.39 is 0 Å². The molecule has 21 heavy (non-hydrogen) atoms. The molecule has 5 heteroatoms. The maximum Gasteiger partial charge on any atom is 0.265 e. The molecule has 1 aliphatic heterocycles. The number of nitrogens with one attached hydrogen (secondary N) is 1. The molecule has 1 aromatic carbocycles. The minimum atomic E-state index is -0.0920. The standard InChI is InChI=1S/C16H22N2O3/c1-10(2)8-18-13-7-12(17-16(20)11(3)4)5-6-14(13)21-9-15(18)19/h5-7,10-11H,8-9H2,1-4H3,(H,17,20). The van der Waals surface area contributed by atoms with Crippen LogP contribution in [0.4, 0.5) is 11.4 Å². The van der Waals surface area contributed by atoms with Crippen LogP contribution in [0.25, 0.3) is 0 Å². The summed E-state index contributed by atoms with van der Waals surface area (Å²) in [5.74, 6) is 0.842. The third-order valence-electron chi connectivity index (χ3n) is 3.24. The number of carbonyl (C=O) groups is 2. The van der Waals surface area contributed by atoms with E-state index in [0.29, 0.717) is 23.9 Å². The van der Waals surface area contributed by atoms with E-state index in [1.54, 1.807) is 23.1 Å². The molecule has 0 atom stereocenters. The second-order valence-electron chi connectivity index (χ2n) is 6.01. The van der Waals surface area contributed by atoms with E-state index in [9.17, 15) is 9.59 Å². The Bertz CT molecular complexity index is 552. The Morgan fingerprint density at radius 1 is 1.33 bits per heavy atom. The number of hydrogen-bond donors (Lipinski definition) is 1. The Labute approximate surface area is 125 Å². The summed E-state index contributed by atoms with van der Waals surface area (Å²) in [7, 11) is 0. The van der Waals surface area contributed by atoms with Crippen molar-refractivity contribution < 1.29 is 14.3 Å². The largest absolute Gasteiger partial charge is 0.482 e. The van der Waals surface area contributed by atoms with Gasteiger partial charge in [0, 0.05) is 18.2 Å². The fraction of sp³-hybridized carbons (Fsp3) is 0.500. The average Bonchev–Trinajstić information content (AvgIpc) is 2.41. The van der Waals surface area contributed by atoms with Crippen LogP contribution in [0.15, 0.2) is 18.2 Å². The van der Waals surface area contributed by atoms with Gasteiger partial charge in [-0.25, -0.2) is 0 Å². The van der Waals surface area contributed by atoms with Crippen molar-refractivity contribution in [2.24, 2.45) is 11.8 Å². The van der Waals surface area contributed by atoms with Gasteiger partial charge in [-0.3, -0.25) is 9.59 Å². The number of hydrogen-bond acceptors (Lipinski definition) is 3. The van der Waals surface area contributed by atoms with E-state index in [1.165, 1.54) is 0 Å². The normalized spacial score (nSPS) is 14.2. The number of fused-ring (bicyclic) bond motifs is 1. The highest BCUT2D eigenvalue weighted by Crippen LogP contribution is 2.35. The highest BCUT2D eigenvalue weighted by atomic mass is 16.5. The van der Waals surface area contributed by atoms with E-state index in [4.69, 9.17) is 4.74 Å². The van der Waals surface area contributed by atoms with E-state index in [2.05, 4.69) is 19.2 Å². The summed E-state index contributed by atoms with van der Waals surface area (Å²) >= 11 is 0. The van der Waals surface area contributed by atoms with Crippen LogP contribution >= 0.6 is 0 Å². The molecule has 1 aromatic rings. The Hall–Kier alpha value is -2.04. The maximum atomic E-state index is 12.0. The molecule has 0 aliphatic carbocycles. The lowest BCUT2D eigenvalue weighted by Crippen LogP contribution is -2.41. The highest BCUT2D eigenvalue weighted by molar-refractivity contribution is 5.99. The fourth-order valence-corrected chi connectivity index (χ4v) is 2.13. The number of benzene rings is 1. The minimum Gasteiger partial charge on any atom is -0.482 e. The SMILES string of the molecule is CC(C)CN1C(=O)COc2ccc(NC(=O)C(C)C)cc21. The van der Waals surface area contributed by atoms with Crippen LogP contribution < -0.4 is 15.0 Å². The van der Waals surface area contributed by atoms with Gasteiger partial charge in [-0.1, -0.05) is 27.7 Å². The second-order valence-corrected chi connectivity index (χ2v) is 6.01. The van der Waals surface area contributed by atoms with Crippen molar-refractivity contribution in [2.45, 2.75) is 27.7 Å². The van der Waals surface area contributed by atoms with E-state index in [-0.39, 0.29) is 24.3 Å². The van der Waals surface area contributed by atoms with Gasteiger partial charge < -0.3 is 15.0 Å². The van der Waals surface area contributed by atoms with Crippen LogP contribution in [-0.2, 0) is 9.59 Å². The minimum absolute atomic E-state index is 0.0478. The molecule has 0 spiro atoms. The zero-order valence-corrected chi connectivity index (χ0v) is 13.0. The number of ether oxygens (including phenoxy) is 1. The molecule has 1 heterocycles. The van der Waals surface area contributed by atoms with Crippen molar-refractivity contribution in [2.75, 3.05) is 23.4 Å². The van der Waals surface area contributed by atoms with Crippen LogP contribution in [0, 0.1) is 11.8 Å². The second kappa shape index (κ2) is 6.16. The molecule has 0 fully saturated rings. The molecule has 2 rings (SSSR count). The molecular formula is C16H22N2O3. The van der Waals surface area contributed by atoms with E-state index in [0.717, 1.165) is 5.69 Å². The molecule has 0 bridgehead atoms. The Kier molecular flexibility index (Phi) is 4.50. The molecule has 0 saturated carbocycles. The van der Waals surface area contributed by atoms with Gasteiger partial charge in [-0.05, 0) is 24.1 Å². The van der Waals surface area contributed by atoms with Crippen molar-refractivity contribution >= 4 is 23.2 Å². The molecule has 0 radical (unpaired) electrons. The fourth-order valence-electron chi connectivity index (χ4n) is 2.13. The lowest BCUT2D eigenvalue weighted by atomic mass is 10.1. The highest BCUT2D eigenvalue weighted by Gasteiger charge is 2.26. The topological polar surface area (TPSA) is 58.6 Å². The Morgan fingerprint density at radius 3 is 2.67 bits per heavy atom. The van der Waals surface area contributed by atoms with Gasteiger partial charge in [0.25, 0.3) is 5.91 Å². The van der Waals surface area contributed by atoms with Crippen LogP contribution in [0.3, 0.4) is 0 Å². The lowest BCUT2D eigenvalue weighted by Gasteiger charge is -2.31. The first-order valence-corrected chi connectivity index (χ1v) is 7.26. The monoisotopic (exact) mass is 290 g/mol. The number of carbonyl (C=O) groups excluding carboxylic acids is 2. The Morgan fingerprint density at radius 2 is 2.05 bits per heavy atom. The van der Waals surface area contributed by atoms with Crippen molar-refractivity contribution in [1.29, 1.82) is 0 Å². The molecule has 2 amide bonds. The van der Waals surface area contributed by atoms with E-state index in [1.807, 2.05) is 13.8 Å². The molecule has 0 aromatic heterocycles. The van der Waals surface area contributed by atoms with Crippen LogP contribution in [-0.4, -0.2) is 25.0 Å². The smallest absolute Gasteiger partial charge is 0.265 e. The van der Waals surface area contributed by atoms with Gasteiger partial charge in [-0.2, -0.15) is 0 Å². The van der Waals surface area contributed by atoms with Gasteiger partial charge >= 0.3 is 0 Å². The van der Waals surface area contributed by atoms with Crippen LogP contribution in [0.5, 0.6) is 5.75 Å². The van der Waals surface area contributed by atoms with Gasteiger partial charge in [-0.15, -0.1) is 0 Å². The summed E-state index contributed by atoms with van der Waals surface area (Å²) < 4.78 is 5.45. The first kappa shape index (κ1) is 15.4. The number of rotatable bonds is 4. The summed E-state index contributed by atoms with van der Waals surface area (Å²) in [6.07, 6.45) is 0. The average molecular weight is 290 g/mol. The summed E-state index contributed by atoms with van der Waals surface area (Å²) in [4.78, 5) is 25.6. The molecule has 1 N–H and O–H groups in total. The third-order valence-corrected chi connectivity index (χ3v) is 3.24. The van der Waals surface area contributed by atoms with Gasteiger partial charge in [0.15, 0.2) is 6.61 Å². The van der Waals surface area contributed by atoms with Crippen molar-refractivity contribution in [1.82, 2.24) is 0 Å². The summed E-state index contributed by atoms with van der Waals surface area (Å²) in [6.45, 7) is 8.50. The predicted octanol–water partition coefficient (Wildman–Crippen LogP) is 2.66. The zero-order valence-electron chi connectivity index (χ0n) is 13.0. The summed E-state index contributed by atoms with van der Waals surface area (Å²) in [5, 5.41) is 2.85. The quantitative estimate of drug-likeness (QED) is 0.927. The maximum absolute atomic E-state index is 12.0. The molecule has 1 aliphatic rings. The van der Waals surface area contributed by atoms with Crippen molar-refractivity contribution in [3.63, 3.8) is 0 Å². The number of anilines is 2. The molecule has 0 unspecified atom stereocenters. The van der Waals surface area contributed by atoms with E-state index >= 15 is 0 Å². The summed E-state index contributed by atoms with van der Waals surface area (Å²) in [6, 6.07) is 5.39. The lowest BCUT2D eigenvalue weighted by molar-refractivity contribution is -0.121. The van der Waals surface area contributed by atoms with Gasteiger partial charge in [0.1, 0.15) is 5.75 Å². The first-order chi connectivity index (χ1) is 9.88. The van der Waals surface area contributed by atoms with Gasteiger partial charge in [0.2, 0.25) is 5.91 Å². The molecule has 5 nitrogen and oxygen atoms in total. The van der Waals surface area contributed by atoms with Crippen molar-refractivity contribution in [3.05, 3.63) is 18.2 Å². The molecule has 0 saturated heterocycles. The van der Waals surface area contributed by atoms with Gasteiger partial charge in [0.05, 0.1) is 5.69 Å².